The Morgan fingerprint density at radius 2 is 2.05 bits per heavy atom. The first-order valence-electron chi connectivity index (χ1n) is 11.1. The SMILES string of the molecule is CC(Oc1ncnc2scnc12)c1nc2cccc(Cl)c2c(=O)n1-c1cccc(NC(=O)NCCO)c1. The molecule has 13 heteroatoms. The quantitative estimate of drug-likeness (QED) is 0.285. The van der Waals surface area contributed by atoms with Crippen LogP contribution in [0.2, 0.25) is 5.02 Å². The van der Waals surface area contributed by atoms with E-state index in [0.717, 1.165) is 0 Å². The zero-order chi connectivity index (χ0) is 25.9. The van der Waals surface area contributed by atoms with Crippen LogP contribution in [0.25, 0.3) is 26.9 Å². The number of aliphatic hydroxyl groups is 1. The van der Waals surface area contributed by atoms with Crippen molar-refractivity contribution in [1.82, 2.24) is 29.8 Å². The van der Waals surface area contributed by atoms with Crippen LogP contribution in [0, 0.1) is 0 Å². The number of aromatic nitrogens is 5. The predicted octanol–water partition coefficient (Wildman–Crippen LogP) is 3.69. The van der Waals surface area contributed by atoms with Gasteiger partial charge in [-0.25, -0.2) is 19.7 Å². The van der Waals surface area contributed by atoms with E-state index in [1.807, 2.05) is 0 Å². The van der Waals surface area contributed by atoms with Gasteiger partial charge in [-0.1, -0.05) is 23.7 Å². The number of rotatable bonds is 7. The highest BCUT2D eigenvalue weighted by atomic mass is 35.5. The molecular formula is C24H20ClN7O4S. The zero-order valence-corrected chi connectivity index (χ0v) is 21.0. The number of ether oxygens (including phenoxy) is 1. The first-order chi connectivity index (χ1) is 18.0. The first kappa shape index (κ1) is 24.6. The molecule has 3 aromatic heterocycles. The number of carbonyl (C=O) groups is 1. The maximum atomic E-state index is 13.8. The number of thiazole rings is 1. The van der Waals surface area contributed by atoms with Gasteiger partial charge in [-0.2, -0.15) is 4.98 Å². The molecule has 37 heavy (non-hydrogen) atoms. The van der Waals surface area contributed by atoms with Crippen LogP contribution in [0.1, 0.15) is 18.9 Å². The average molecular weight is 538 g/mol. The van der Waals surface area contributed by atoms with Crippen LogP contribution in [0.15, 0.2) is 59.1 Å². The number of amides is 2. The normalized spacial score (nSPS) is 12.0. The molecule has 188 valence electrons. The number of benzene rings is 2. The van der Waals surface area contributed by atoms with Crippen molar-refractivity contribution in [2.24, 2.45) is 0 Å². The standard InChI is InChI=1S/C24H20ClN7O4S/c1-13(36-21-19-22(28-11-27-21)37-12-29-19)20-31-17-7-3-6-16(25)18(17)23(34)32(20)15-5-2-4-14(10-15)30-24(35)26-8-9-33/h2-7,10-13,33H,8-9H2,1H3,(H2,26,30,35). The summed E-state index contributed by atoms with van der Waals surface area (Å²) in [6.07, 6.45) is 0.653. The molecule has 0 aliphatic rings. The van der Waals surface area contributed by atoms with Crippen LogP contribution in [0.5, 0.6) is 5.88 Å². The van der Waals surface area contributed by atoms with Crippen molar-refractivity contribution >= 4 is 55.9 Å². The molecule has 0 aliphatic carbocycles. The van der Waals surface area contributed by atoms with E-state index >= 15 is 0 Å². The molecule has 0 bridgehead atoms. The van der Waals surface area contributed by atoms with E-state index in [2.05, 4.69) is 25.6 Å². The summed E-state index contributed by atoms with van der Waals surface area (Å²) in [6.45, 7) is 1.67. The van der Waals surface area contributed by atoms with Crippen LogP contribution in [0.4, 0.5) is 10.5 Å². The van der Waals surface area contributed by atoms with Gasteiger partial charge in [0, 0.05) is 12.2 Å². The van der Waals surface area contributed by atoms with E-state index in [1.165, 1.54) is 22.2 Å². The van der Waals surface area contributed by atoms with Crippen LogP contribution in [0.3, 0.4) is 0 Å². The number of hydrogen-bond acceptors (Lipinski definition) is 9. The lowest BCUT2D eigenvalue weighted by Gasteiger charge is -2.20. The number of carbonyl (C=O) groups excluding carboxylic acids is 1. The van der Waals surface area contributed by atoms with Crippen molar-refractivity contribution in [3.05, 3.63) is 75.5 Å². The third kappa shape index (κ3) is 4.94. The molecule has 11 nitrogen and oxygen atoms in total. The fourth-order valence-electron chi connectivity index (χ4n) is 3.78. The summed E-state index contributed by atoms with van der Waals surface area (Å²) in [5.41, 5.74) is 3.04. The highest BCUT2D eigenvalue weighted by molar-refractivity contribution is 7.16. The number of anilines is 1. The van der Waals surface area contributed by atoms with E-state index in [0.29, 0.717) is 33.1 Å². The minimum Gasteiger partial charge on any atom is -0.465 e. The Bertz CT molecular complexity index is 1670. The number of aliphatic hydroxyl groups excluding tert-OH is 1. The Hall–Kier alpha value is -4.13. The molecule has 2 amide bonds. The molecule has 0 saturated heterocycles. The third-order valence-electron chi connectivity index (χ3n) is 5.39. The Balaban J connectivity index is 1.62. The van der Waals surface area contributed by atoms with Gasteiger partial charge < -0.3 is 20.5 Å². The summed E-state index contributed by atoms with van der Waals surface area (Å²) >= 11 is 7.75. The number of nitrogens with one attached hydrogen (secondary N) is 2. The topological polar surface area (TPSA) is 144 Å². The lowest BCUT2D eigenvalue weighted by atomic mass is 10.2. The maximum Gasteiger partial charge on any atom is 0.319 e. The smallest absolute Gasteiger partial charge is 0.319 e. The number of halogens is 1. The second-order valence-electron chi connectivity index (χ2n) is 7.84. The van der Waals surface area contributed by atoms with Gasteiger partial charge in [0.25, 0.3) is 5.56 Å². The molecule has 1 unspecified atom stereocenters. The third-order valence-corrected chi connectivity index (χ3v) is 6.43. The largest absolute Gasteiger partial charge is 0.465 e. The monoisotopic (exact) mass is 537 g/mol. The van der Waals surface area contributed by atoms with Crippen LogP contribution < -0.4 is 20.9 Å². The highest BCUT2D eigenvalue weighted by Gasteiger charge is 2.22. The van der Waals surface area contributed by atoms with Crippen molar-refractivity contribution in [2.75, 3.05) is 18.5 Å². The molecule has 0 spiro atoms. The van der Waals surface area contributed by atoms with Gasteiger partial charge in [0.1, 0.15) is 6.33 Å². The Labute approximate surface area is 218 Å². The summed E-state index contributed by atoms with van der Waals surface area (Å²) in [6, 6.07) is 11.3. The number of fused-ring (bicyclic) bond motifs is 2. The summed E-state index contributed by atoms with van der Waals surface area (Å²) in [5, 5.41) is 14.6. The number of nitrogens with zero attached hydrogens (tertiary/aromatic N) is 5. The predicted molar refractivity (Wildman–Crippen MR) is 141 cm³/mol. The molecular weight excluding hydrogens is 518 g/mol. The van der Waals surface area contributed by atoms with Gasteiger partial charge >= 0.3 is 6.03 Å². The molecule has 0 radical (unpaired) electrons. The Morgan fingerprint density at radius 1 is 1.22 bits per heavy atom. The zero-order valence-electron chi connectivity index (χ0n) is 19.4. The Kier molecular flexibility index (Phi) is 6.95. The fraction of sp³-hybridized carbons (Fsp3) is 0.167. The molecule has 2 aromatic carbocycles. The van der Waals surface area contributed by atoms with Gasteiger partial charge in [0.15, 0.2) is 22.3 Å². The lowest BCUT2D eigenvalue weighted by Crippen LogP contribution is -2.31. The molecule has 0 fully saturated rings. The van der Waals surface area contributed by atoms with E-state index in [9.17, 15) is 9.59 Å². The van der Waals surface area contributed by atoms with Gasteiger partial charge in [0.2, 0.25) is 5.88 Å². The Morgan fingerprint density at radius 3 is 2.89 bits per heavy atom. The summed E-state index contributed by atoms with van der Waals surface area (Å²) < 4.78 is 7.54. The van der Waals surface area contributed by atoms with E-state index in [4.69, 9.17) is 26.4 Å². The molecule has 5 rings (SSSR count). The van der Waals surface area contributed by atoms with Gasteiger partial charge in [0.05, 0.1) is 33.7 Å². The van der Waals surface area contributed by atoms with Crippen molar-refractivity contribution in [3.8, 4) is 11.6 Å². The van der Waals surface area contributed by atoms with Gasteiger partial charge in [-0.15, -0.1) is 11.3 Å². The molecule has 1 atom stereocenters. The average Bonchev–Trinajstić information content (AvgIpc) is 3.37. The van der Waals surface area contributed by atoms with Crippen LogP contribution >= 0.6 is 22.9 Å². The second-order valence-corrected chi connectivity index (χ2v) is 9.08. The van der Waals surface area contributed by atoms with E-state index < -0.39 is 17.7 Å². The van der Waals surface area contributed by atoms with Crippen LogP contribution in [-0.2, 0) is 0 Å². The molecule has 5 aromatic rings. The first-order valence-corrected chi connectivity index (χ1v) is 12.4. The lowest BCUT2D eigenvalue weighted by molar-refractivity contribution is 0.207. The van der Waals surface area contributed by atoms with Crippen molar-refractivity contribution in [1.29, 1.82) is 0 Å². The summed E-state index contributed by atoms with van der Waals surface area (Å²) in [7, 11) is 0. The van der Waals surface area contributed by atoms with Crippen LogP contribution in [-0.4, -0.2) is 48.8 Å². The number of urea groups is 1. The van der Waals surface area contributed by atoms with E-state index in [-0.39, 0.29) is 29.4 Å². The van der Waals surface area contributed by atoms with Gasteiger partial charge in [-0.3, -0.25) is 9.36 Å². The summed E-state index contributed by atoms with van der Waals surface area (Å²) in [5.74, 6) is 0.561. The minimum absolute atomic E-state index is 0.104. The highest BCUT2D eigenvalue weighted by Crippen LogP contribution is 2.29. The minimum atomic E-state index is -0.736. The second kappa shape index (κ2) is 10.5. The summed E-state index contributed by atoms with van der Waals surface area (Å²) in [4.78, 5) is 44.0. The van der Waals surface area contributed by atoms with Gasteiger partial charge in [-0.05, 0) is 37.3 Å². The van der Waals surface area contributed by atoms with Crippen molar-refractivity contribution < 1.29 is 14.6 Å². The number of hydrogen-bond donors (Lipinski definition) is 3. The molecule has 0 aliphatic heterocycles. The maximum absolute atomic E-state index is 13.8. The van der Waals surface area contributed by atoms with Crippen molar-refractivity contribution in [3.63, 3.8) is 0 Å². The van der Waals surface area contributed by atoms with E-state index in [1.54, 1.807) is 54.9 Å². The molecule has 0 saturated carbocycles. The van der Waals surface area contributed by atoms with Crippen molar-refractivity contribution in [2.45, 2.75) is 13.0 Å². The fourth-order valence-corrected chi connectivity index (χ4v) is 4.64. The molecule has 3 heterocycles. The molecule has 3 N–H and O–H groups in total.